The van der Waals surface area contributed by atoms with Crippen molar-refractivity contribution in [1.29, 1.82) is 0 Å². The van der Waals surface area contributed by atoms with E-state index in [2.05, 4.69) is 49.5 Å². The molecule has 156 valence electrons. The van der Waals surface area contributed by atoms with Crippen LogP contribution in [-0.2, 0) is 11.5 Å². The van der Waals surface area contributed by atoms with Gasteiger partial charge in [0.2, 0.25) is 5.91 Å². The normalized spacial score (nSPS) is 18.3. The smallest absolute Gasteiger partial charge is 0.228 e. The van der Waals surface area contributed by atoms with Crippen molar-refractivity contribution in [2.75, 3.05) is 18.4 Å². The van der Waals surface area contributed by atoms with E-state index >= 15 is 0 Å². The van der Waals surface area contributed by atoms with Crippen LogP contribution in [-0.4, -0.2) is 43.2 Å². The van der Waals surface area contributed by atoms with Crippen LogP contribution >= 0.6 is 28.1 Å². The van der Waals surface area contributed by atoms with Crippen LogP contribution in [0.25, 0.3) is 0 Å². The Morgan fingerprint density at radius 3 is 2.59 bits per heavy atom. The van der Waals surface area contributed by atoms with Gasteiger partial charge in [0, 0.05) is 41.6 Å². The number of amides is 1. The van der Waals surface area contributed by atoms with E-state index in [9.17, 15) is 4.79 Å². The average molecular weight is 479 g/mol. The van der Waals surface area contributed by atoms with Gasteiger partial charge in [0.05, 0.1) is 6.67 Å². The summed E-state index contributed by atoms with van der Waals surface area (Å²) < 4.78 is 5.95. The van der Waals surface area contributed by atoms with Crippen molar-refractivity contribution in [1.82, 2.24) is 24.2 Å². The molecule has 2 aliphatic rings. The number of rotatable bonds is 6. The topological polar surface area (TPSA) is 68.0 Å². The lowest BCUT2D eigenvalue weighted by molar-refractivity contribution is -0.121. The molecular formula is C20H27BrN6OS. The number of carbonyl (C=O) groups excluding carboxylic acids is 1. The van der Waals surface area contributed by atoms with Crippen molar-refractivity contribution in [3.05, 3.63) is 33.4 Å². The number of hydrogen-bond donors (Lipinski definition) is 1. The lowest BCUT2D eigenvalue weighted by Crippen LogP contribution is -2.39. The van der Waals surface area contributed by atoms with Gasteiger partial charge in [-0.1, -0.05) is 13.8 Å². The molecule has 0 radical (unpaired) electrons. The molecule has 0 aromatic carbocycles. The first-order valence-electron chi connectivity index (χ1n) is 10.3. The fourth-order valence-corrected chi connectivity index (χ4v) is 4.38. The molecule has 29 heavy (non-hydrogen) atoms. The lowest BCUT2D eigenvalue weighted by atomic mass is 9.96. The highest BCUT2D eigenvalue weighted by atomic mass is 79.9. The molecule has 2 aromatic rings. The number of piperidine rings is 1. The number of nitrogens with one attached hydrogen (secondary N) is 1. The predicted octanol–water partition coefficient (Wildman–Crippen LogP) is 4.34. The van der Waals surface area contributed by atoms with E-state index in [-0.39, 0.29) is 11.8 Å². The summed E-state index contributed by atoms with van der Waals surface area (Å²) in [5.74, 6) is 2.11. The number of nitrogens with zero attached hydrogens (tertiary/aromatic N) is 5. The number of hydrogen-bond acceptors (Lipinski definition) is 5. The minimum Gasteiger partial charge on any atom is -0.310 e. The monoisotopic (exact) mass is 478 g/mol. The maximum absolute atomic E-state index is 12.6. The Kier molecular flexibility index (Phi) is 6.17. The standard InChI is InChI=1S/C20H27BrN6OS/c1-13(2)18-24-26(20(29)27(18)16-4-5-16)12-25-9-7-14(8-10-25)19(28)23-17-6-3-15(21)11-22-17/h3,6,11,13-14,16H,4-5,7-10,12H2,1-2H3,(H,22,23,28). The molecule has 0 atom stereocenters. The summed E-state index contributed by atoms with van der Waals surface area (Å²) in [5, 5.41) is 7.75. The first kappa shape index (κ1) is 20.7. The number of pyridine rings is 1. The molecule has 0 bridgehead atoms. The maximum atomic E-state index is 12.6. The molecule has 1 aliphatic carbocycles. The fourth-order valence-electron chi connectivity index (χ4n) is 3.80. The largest absolute Gasteiger partial charge is 0.310 e. The van der Waals surface area contributed by atoms with Crippen molar-refractivity contribution < 1.29 is 4.79 Å². The van der Waals surface area contributed by atoms with Crippen molar-refractivity contribution in [2.24, 2.45) is 5.92 Å². The molecule has 9 heteroatoms. The van der Waals surface area contributed by atoms with E-state index in [4.69, 9.17) is 17.3 Å². The second kappa shape index (κ2) is 8.65. The summed E-state index contributed by atoms with van der Waals surface area (Å²) >= 11 is 9.08. The van der Waals surface area contributed by atoms with Gasteiger partial charge in [0.1, 0.15) is 11.6 Å². The summed E-state index contributed by atoms with van der Waals surface area (Å²) in [5.41, 5.74) is 0. The maximum Gasteiger partial charge on any atom is 0.228 e. The molecule has 2 fully saturated rings. The Hall–Kier alpha value is -1.58. The van der Waals surface area contributed by atoms with E-state index in [0.29, 0.717) is 24.4 Å². The molecule has 1 aliphatic heterocycles. The Bertz CT molecular complexity index is 925. The minimum atomic E-state index is 0.0138. The van der Waals surface area contributed by atoms with Gasteiger partial charge in [-0.05, 0) is 66.0 Å². The van der Waals surface area contributed by atoms with Gasteiger partial charge in [0.25, 0.3) is 0 Å². The van der Waals surface area contributed by atoms with E-state index < -0.39 is 0 Å². The van der Waals surface area contributed by atoms with Crippen LogP contribution in [0.4, 0.5) is 5.82 Å². The predicted molar refractivity (Wildman–Crippen MR) is 118 cm³/mol. The first-order valence-corrected chi connectivity index (χ1v) is 11.5. The molecule has 1 saturated carbocycles. The number of aromatic nitrogens is 4. The highest BCUT2D eigenvalue weighted by Crippen LogP contribution is 2.37. The third kappa shape index (κ3) is 4.78. The van der Waals surface area contributed by atoms with Gasteiger partial charge in [-0.2, -0.15) is 5.10 Å². The van der Waals surface area contributed by atoms with Gasteiger partial charge in [-0.3, -0.25) is 9.69 Å². The summed E-state index contributed by atoms with van der Waals surface area (Å²) in [4.78, 5) is 19.1. The summed E-state index contributed by atoms with van der Waals surface area (Å²) in [6.07, 6.45) is 5.75. The van der Waals surface area contributed by atoms with Gasteiger partial charge >= 0.3 is 0 Å². The van der Waals surface area contributed by atoms with E-state index in [1.54, 1.807) is 12.3 Å². The minimum absolute atomic E-state index is 0.0138. The fraction of sp³-hybridized carbons (Fsp3) is 0.600. The zero-order valence-corrected chi connectivity index (χ0v) is 19.2. The molecule has 2 aromatic heterocycles. The lowest BCUT2D eigenvalue weighted by Gasteiger charge is -2.30. The number of likely N-dealkylation sites (tertiary alicyclic amines) is 1. The van der Waals surface area contributed by atoms with E-state index in [0.717, 1.165) is 41.0 Å². The molecule has 3 heterocycles. The van der Waals surface area contributed by atoms with Crippen molar-refractivity contribution in [3.8, 4) is 0 Å². The van der Waals surface area contributed by atoms with Crippen molar-refractivity contribution in [3.63, 3.8) is 0 Å². The van der Waals surface area contributed by atoms with Crippen LogP contribution in [0.2, 0.25) is 0 Å². The first-order chi connectivity index (χ1) is 13.9. The summed E-state index contributed by atoms with van der Waals surface area (Å²) in [6.45, 7) is 6.76. The van der Waals surface area contributed by atoms with Crippen molar-refractivity contribution >= 4 is 39.9 Å². The number of carbonyl (C=O) groups is 1. The molecule has 1 amide bonds. The average Bonchev–Trinajstić information content (AvgIpc) is 3.48. The summed E-state index contributed by atoms with van der Waals surface area (Å²) in [6, 6.07) is 4.22. The van der Waals surface area contributed by atoms with Crippen LogP contribution in [0.5, 0.6) is 0 Å². The second-order valence-corrected chi connectivity index (χ2v) is 9.56. The van der Waals surface area contributed by atoms with Crippen LogP contribution in [0.15, 0.2) is 22.8 Å². The Labute approximate surface area is 184 Å². The second-order valence-electron chi connectivity index (χ2n) is 8.28. The van der Waals surface area contributed by atoms with Gasteiger partial charge in [-0.15, -0.1) is 0 Å². The van der Waals surface area contributed by atoms with Crippen LogP contribution in [0.1, 0.15) is 57.3 Å². The Morgan fingerprint density at radius 1 is 1.28 bits per heavy atom. The Balaban J connectivity index is 1.34. The van der Waals surface area contributed by atoms with Gasteiger partial charge in [-0.25, -0.2) is 9.67 Å². The van der Waals surface area contributed by atoms with Gasteiger partial charge < -0.3 is 9.88 Å². The zero-order valence-electron chi connectivity index (χ0n) is 16.8. The third-order valence-corrected chi connectivity index (χ3v) is 6.47. The molecule has 1 N–H and O–H groups in total. The third-order valence-electron chi connectivity index (χ3n) is 5.60. The quantitative estimate of drug-likeness (QED) is 0.625. The number of halogens is 1. The van der Waals surface area contributed by atoms with Crippen LogP contribution < -0.4 is 5.32 Å². The molecule has 0 spiro atoms. The van der Waals surface area contributed by atoms with E-state index in [1.165, 1.54) is 12.8 Å². The van der Waals surface area contributed by atoms with Gasteiger partial charge in [0.15, 0.2) is 4.77 Å². The Morgan fingerprint density at radius 2 is 2.00 bits per heavy atom. The van der Waals surface area contributed by atoms with Crippen LogP contribution in [0.3, 0.4) is 0 Å². The van der Waals surface area contributed by atoms with E-state index in [1.807, 2.05) is 10.7 Å². The highest BCUT2D eigenvalue weighted by Gasteiger charge is 2.30. The SMILES string of the molecule is CC(C)c1nn(CN2CCC(C(=O)Nc3ccc(Br)cn3)CC2)c(=S)n1C1CC1. The molecule has 1 saturated heterocycles. The molecular weight excluding hydrogens is 452 g/mol. The number of anilines is 1. The molecule has 4 rings (SSSR count). The zero-order chi connectivity index (χ0) is 20.5. The molecule has 0 unspecified atom stereocenters. The summed E-state index contributed by atoms with van der Waals surface area (Å²) in [7, 11) is 0. The van der Waals surface area contributed by atoms with Crippen molar-refractivity contribution in [2.45, 2.75) is 58.2 Å². The molecule has 7 nitrogen and oxygen atoms in total. The highest BCUT2D eigenvalue weighted by molar-refractivity contribution is 9.10. The van der Waals surface area contributed by atoms with Crippen LogP contribution in [0, 0.1) is 10.7 Å².